The van der Waals surface area contributed by atoms with E-state index < -0.39 is 0 Å². The van der Waals surface area contributed by atoms with Crippen LogP contribution in [0.25, 0.3) is 0 Å². The zero-order chi connectivity index (χ0) is 20.1. The zero-order valence-corrected chi connectivity index (χ0v) is 17.6. The van der Waals surface area contributed by atoms with Crippen LogP contribution in [0.4, 0.5) is 0 Å². The minimum absolute atomic E-state index is 0.0688. The number of rotatable bonds is 5. The van der Waals surface area contributed by atoms with Crippen LogP contribution in [0.2, 0.25) is 5.02 Å². The second-order valence-corrected chi connectivity index (χ2v) is 8.51. The van der Waals surface area contributed by atoms with Gasteiger partial charge in [0.05, 0.1) is 12.0 Å². The molecule has 4 rings (SSSR count). The van der Waals surface area contributed by atoms with Crippen LogP contribution in [0.3, 0.4) is 0 Å². The summed E-state index contributed by atoms with van der Waals surface area (Å²) in [5.74, 6) is 0.103. The van der Waals surface area contributed by atoms with Gasteiger partial charge in [0.25, 0.3) is 0 Å². The molecule has 1 unspecified atom stereocenters. The van der Waals surface area contributed by atoms with E-state index in [-0.39, 0.29) is 17.9 Å². The third-order valence-electron chi connectivity index (χ3n) is 6.13. The number of amides is 1. The Morgan fingerprint density at radius 1 is 0.966 bits per heavy atom. The van der Waals surface area contributed by atoms with Gasteiger partial charge in [-0.15, -0.1) is 0 Å². The van der Waals surface area contributed by atoms with Crippen molar-refractivity contribution in [1.29, 1.82) is 0 Å². The SMILES string of the molecule is O=C1C(c2ccc(Cl)cc2)CC/C=C\CN1[C@H](CN1CCCC1)c1ccccc1. The Morgan fingerprint density at radius 2 is 1.69 bits per heavy atom. The molecule has 29 heavy (non-hydrogen) atoms. The van der Waals surface area contributed by atoms with Crippen LogP contribution in [0, 0.1) is 0 Å². The number of nitrogens with zero attached hydrogens (tertiary/aromatic N) is 2. The first-order valence-corrected chi connectivity index (χ1v) is 11.1. The Labute approximate surface area is 179 Å². The molecular formula is C25H29ClN2O. The Hall–Kier alpha value is -2.10. The van der Waals surface area contributed by atoms with Gasteiger partial charge in [-0.1, -0.05) is 66.2 Å². The monoisotopic (exact) mass is 408 g/mol. The molecule has 1 saturated heterocycles. The van der Waals surface area contributed by atoms with Gasteiger partial charge in [0.15, 0.2) is 0 Å². The van der Waals surface area contributed by atoms with E-state index in [1.807, 2.05) is 30.3 Å². The molecule has 0 spiro atoms. The molecule has 1 fully saturated rings. The number of hydrogen-bond donors (Lipinski definition) is 0. The molecule has 1 amide bonds. The zero-order valence-electron chi connectivity index (χ0n) is 16.8. The van der Waals surface area contributed by atoms with Crippen LogP contribution in [0.1, 0.15) is 48.8 Å². The number of likely N-dealkylation sites (tertiary alicyclic amines) is 1. The van der Waals surface area contributed by atoms with Crippen molar-refractivity contribution in [3.05, 3.63) is 82.9 Å². The molecule has 152 valence electrons. The van der Waals surface area contributed by atoms with E-state index in [0.29, 0.717) is 11.6 Å². The van der Waals surface area contributed by atoms with Crippen molar-refractivity contribution in [2.24, 2.45) is 0 Å². The lowest BCUT2D eigenvalue weighted by Crippen LogP contribution is -2.43. The fourth-order valence-electron chi connectivity index (χ4n) is 4.54. The average Bonchev–Trinajstić information content (AvgIpc) is 3.25. The Bertz CT molecular complexity index is 828. The summed E-state index contributed by atoms with van der Waals surface area (Å²) in [5.41, 5.74) is 2.28. The van der Waals surface area contributed by atoms with Crippen molar-refractivity contribution < 1.29 is 4.79 Å². The molecule has 2 heterocycles. The highest BCUT2D eigenvalue weighted by Gasteiger charge is 2.33. The summed E-state index contributed by atoms with van der Waals surface area (Å²) in [6.45, 7) is 3.82. The first-order valence-electron chi connectivity index (χ1n) is 10.7. The van der Waals surface area contributed by atoms with E-state index in [4.69, 9.17) is 11.6 Å². The van der Waals surface area contributed by atoms with E-state index in [0.717, 1.165) is 38.0 Å². The highest BCUT2D eigenvalue weighted by Crippen LogP contribution is 2.32. The standard InChI is InChI=1S/C25H29ClN2O/c26-22-14-12-20(13-15-22)23-11-5-2-6-18-28(25(23)29)24(19-27-16-7-8-17-27)21-9-3-1-4-10-21/h1-4,6,9-10,12-15,23-24H,5,7-8,11,16-19H2/b6-2-/t23?,24-/m1/s1. The number of benzene rings is 2. The third kappa shape index (κ3) is 4.91. The molecule has 3 nitrogen and oxygen atoms in total. The molecule has 2 aromatic rings. The van der Waals surface area contributed by atoms with Crippen LogP contribution in [-0.4, -0.2) is 41.9 Å². The van der Waals surface area contributed by atoms with Crippen LogP contribution in [0.15, 0.2) is 66.7 Å². The summed E-state index contributed by atoms with van der Waals surface area (Å²) in [6.07, 6.45) is 8.65. The van der Waals surface area contributed by atoms with E-state index in [1.54, 1.807) is 0 Å². The van der Waals surface area contributed by atoms with Gasteiger partial charge < -0.3 is 9.80 Å². The largest absolute Gasteiger partial charge is 0.330 e. The molecule has 0 bridgehead atoms. The van der Waals surface area contributed by atoms with E-state index in [9.17, 15) is 4.79 Å². The second-order valence-electron chi connectivity index (χ2n) is 8.08. The Morgan fingerprint density at radius 3 is 2.41 bits per heavy atom. The first kappa shape index (κ1) is 20.2. The molecule has 0 aromatic heterocycles. The lowest BCUT2D eigenvalue weighted by Gasteiger charge is -2.37. The summed E-state index contributed by atoms with van der Waals surface area (Å²) in [7, 11) is 0. The van der Waals surface area contributed by atoms with Crippen LogP contribution in [0.5, 0.6) is 0 Å². The normalized spacial score (nSPS) is 22.9. The summed E-state index contributed by atoms with van der Waals surface area (Å²) < 4.78 is 0. The number of carbonyl (C=O) groups is 1. The summed E-state index contributed by atoms with van der Waals surface area (Å²) in [6, 6.07) is 18.4. The van der Waals surface area contributed by atoms with Crippen molar-refractivity contribution >= 4 is 17.5 Å². The van der Waals surface area contributed by atoms with Gasteiger partial charge in [0, 0.05) is 18.1 Å². The highest BCUT2D eigenvalue weighted by atomic mass is 35.5. The fraction of sp³-hybridized carbons (Fsp3) is 0.400. The molecule has 2 atom stereocenters. The number of hydrogen-bond acceptors (Lipinski definition) is 2. The van der Waals surface area contributed by atoms with Gasteiger partial charge in [-0.25, -0.2) is 0 Å². The van der Waals surface area contributed by atoms with Gasteiger partial charge in [0.1, 0.15) is 0 Å². The highest BCUT2D eigenvalue weighted by molar-refractivity contribution is 6.30. The average molecular weight is 409 g/mol. The maximum Gasteiger partial charge on any atom is 0.230 e. The second kappa shape index (κ2) is 9.60. The lowest BCUT2D eigenvalue weighted by atomic mass is 9.90. The lowest BCUT2D eigenvalue weighted by molar-refractivity contribution is -0.135. The quantitative estimate of drug-likeness (QED) is 0.615. The summed E-state index contributed by atoms with van der Waals surface area (Å²) in [5, 5.41) is 0.708. The van der Waals surface area contributed by atoms with Gasteiger partial charge in [-0.3, -0.25) is 4.79 Å². The van der Waals surface area contributed by atoms with Gasteiger partial charge in [0.2, 0.25) is 5.91 Å². The molecule has 2 aliphatic rings. The maximum absolute atomic E-state index is 13.8. The predicted molar refractivity (Wildman–Crippen MR) is 119 cm³/mol. The fourth-order valence-corrected chi connectivity index (χ4v) is 4.66. The maximum atomic E-state index is 13.8. The van der Waals surface area contributed by atoms with Crippen molar-refractivity contribution in [3.8, 4) is 0 Å². The number of carbonyl (C=O) groups excluding carboxylic acids is 1. The molecule has 0 saturated carbocycles. The summed E-state index contributed by atoms with van der Waals surface area (Å²) in [4.78, 5) is 18.4. The summed E-state index contributed by atoms with van der Waals surface area (Å²) >= 11 is 6.09. The molecular weight excluding hydrogens is 380 g/mol. The van der Waals surface area contributed by atoms with Crippen LogP contribution < -0.4 is 0 Å². The van der Waals surface area contributed by atoms with E-state index in [1.165, 1.54) is 18.4 Å². The van der Waals surface area contributed by atoms with Crippen molar-refractivity contribution in [3.63, 3.8) is 0 Å². The van der Waals surface area contributed by atoms with Crippen LogP contribution in [-0.2, 0) is 4.79 Å². The van der Waals surface area contributed by atoms with Gasteiger partial charge in [-0.2, -0.15) is 0 Å². The predicted octanol–water partition coefficient (Wildman–Crippen LogP) is 5.44. The van der Waals surface area contributed by atoms with E-state index in [2.05, 4.69) is 46.2 Å². The molecule has 4 heteroatoms. The van der Waals surface area contributed by atoms with Gasteiger partial charge >= 0.3 is 0 Å². The molecule has 0 N–H and O–H groups in total. The topological polar surface area (TPSA) is 23.6 Å². The van der Waals surface area contributed by atoms with Gasteiger partial charge in [-0.05, 0) is 62.0 Å². The molecule has 2 aromatic carbocycles. The third-order valence-corrected chi connectivity index (χ3v) is 6.39. The van der Waals surface area contributed by atoms with E-state index >= 15 is 0 Å². The molecule has 0 radical (unpaired) electrons. The van der Waals surface area contributed by atoms with Crippen molar-refractivity contribution in [1.82, 2.24) is 9.80 Å². The first-order chi connectivity index (χ1) is 14.2. The van der Waals surface area contributed by atoms with Crippen molar-refractivity contribution in [2.45, 2.75) is 37.6 Å². The smallest absolute Gasteiger partial charge is 0.230 e. The molecule has 2 aliphatic heterocycles. The Balaban J connectivity index is 1.66. The van der Waals surface area contributed by atoms with Crippen LogP contribution >= 0.6 is 11.6 Å². The minimum atomic E-state index is -0.123. The van der Waals surface area contributed by atoms with Crippen molar-refractivity contribution in [2.75, 3.05) is 26.2 Å². The number of halogens is 1. The number of allylic oxidation sites excluding steroid dienone is 1. The minimum Gasteiger partial charge on any atom is -0.330 e. The Kier molecular flexibility index (Phi) is 6.68. The molecule has 0 aliphatic carbocycles.